The van der Waals surface area contributed by atoms with Gasteiger partial charge in [0, 0.05) is 26.2 Å². The van der Waals surface area contributed by atoms with Crippen LogP contribution >= 0.6 is 34.0 Å². The standard InChI is InChI=1S/C5H5.2BrH.Zr/c1-2-4-5-3-1;;;/h1-3H,4H2;2*1H;/q-1;;;. The molecule has 0 nitrogen and oxygen atoms in total. The van der Waals surface area contributed by atoms with Crippen LogP contribution in [0.2, 0.25) is 0 Å². The van der Waals surface area contributed by atoms with Crippen molar-refractivity contribution in [2.75, 3.05) is 0 Å². The molecule has 0 saturated carbocycles. The predicted octanol–water partition coefficient (Wildman–Crippen LogP) is 2.46. The SMILES string of the molecule is Br.Br.[C-]1=CC=CC1.[Zr]. The summed E-state index contributed by atoms with van der Waals surface area (Å²) in [7, 11) is 0. The molecule has 0 aromatic rings. The minimum atomic E-state index is 0. The molecular weight excluding hydrogens is 311 g/mol. The Balaban J connectivity index is -0.0000000833. The summed E-state index contributed by atoms with van der Waals surface area (Å²) in [4.78, 5) is 0. The van der Waals surface area contributed by atoms with E-state index in [2.05, 4.69) is 12.2 Å². The second-order valence-corrected chi connectivity index (χ2v) is 1.00. The summed E-state index contributed by atoms with van der Waals surface area (Å²) >= 11 is 0. The molecule has 0 N–H and O–H groups in total. The Morgan fingerprint density at radius 1 is 1.25 bits per heavy atom. The van der Waals surface area contributed by atoms with Gasteiger partial charge in [-0.25, -0.2) is 12.2 Å². The van der Waals surface area contributed by atoms with Gasteiger partial charge in [0.15, 0.2) is 0 Å². The van der Waals surface area contributed by atoms with Crippen LogP contribution in [-0.2, 0) is 26.2 Å². The topological polar surface area (TPSA) is 0 Å². The van der Waals surface area contributed by atoms with Crippen molar-refractivity contribution in [3.63, 3.8) is 0 Å². The second kappa shape index (κ2) is 11.2. The van der Waals surface area contributed by atoms with Crippen LogP contribution in [0.4, 0.5) is 0 Å². The fourth-order valence-corrected chi connectivity index (χ4v) is 0.340. The molecule has 8 heavy (non-hydrogen) atoms. The molecule has 0 bridgehead atoms. The van der Waals surface area contributed by atoms with E-state index in [1.807, 2.05) is 12.2 Å². The van der Waals surface area contributed by atoms with Gasteiger partial charge in [-0.2, -0.15) is 6.08 Å². The van der Waals surface area contributed by atoms with Crippen molar-refractivity contribution in [3.8, 4) is 0 Å². The fourth-order valence-electron chi connectivity index (χ4n) is 0.340. The van der Waals surface area contributed by atoms with Crippen LogP contribution in [0.25, 0.3) is 0 Å². The van der Waals surface area contributed by atoms with Crippen molar-refractivity contribution in [3.05, 3.63) is 24.3 Å². The van der Waals surface area contributed by atoms with Crippen LogP contribution in [0, 0.1) is 6.08 Å². The Labute approximate surface area is 90.1 Å². The van der Waals surface area contributed by atoms with E-state index < -0.39 is 0 Å². The molecule has 0 saturated heterocycles. The molecule has 0 aromatic heterocycles. The predicted molar refractivity (Wildman–Crippen MR) is 42.2 cm³/mol. The molecule has 0 atom stereocenters. The normalized spacial score (nSPS) is 11.0. The molecule has 0 aliphatic heterocycles. The van der Waals surface area contributed by atoms with E-state index in [0.717, 1.165) is 6.42 Å². The maximum absolute atomic E-state index is 2.99. The van der Waals surface area contributed by atoms with Crippen molar-refractivity contribution in [2.45, 2.75) is 6.42 Å². The van der Waals surface area contributed by atoms with E-state index in [4.69, 9.17) is 0 Å². The molecule has 1 rings (SSSR count). The fraction of sp³-hybridized carbons (Fsp3) is 0.200. The molecule has 0 unspecified atom stereocenters. The summed E-state index contributed by atoms with van der Waals surface area (Å²) in [5.74, 6) is 0. The summed E-state index contributed by atoms with van der Waals surface area (Å²) in [5, 5.41) is 0. The molecule has 46 valence electrons. The molecule has 0 spiro atoms. The quantitative estimate of drug-likeness (QED) is 0.602. The molecule has 3 heteroatoms. The number of hydrogen-bond acceptors (Lipinski definition) is 0. The van der Waals surface area contributed by atoms with E-state index >= 15 is 0 Å². The molecule has 0 heterocycles. The molecule has 1 aliphatic carbocycles. The first-order valence-corrected chi connectivity index (χ1v) is 1.72. The maximum Gasteiger partial charge on any atom is 0 e. The molecule has 0 amide bonds. The first-order valence-electron chi connectivity index (χ1n) is 1.72. The van der Waals surface area contributed by atoms with Gasteiger partial charge in [0.25, 0.3) is 0 Å². The zero-order chi connectivity index (χ0) is 3.54. The Hall–Kier alpha value is 1.32. The summed E-state index contributed by atoms with van der Waals surface area (Å²) in [6, 6.07) is 0. The van der Waals surface area contributed by atoms with E-state index in [9.17, 15) is 0 Å². The third-order valence-corrected chi connectivity index (χ3v) is 0.586. The molecule has 1 aliphatic rings. The minimum Gasteiger partial charge on any atom is -0.273 e. The van der Waals surface area contributed by atoms with Gasteiger partial charge in [-0.1, -0.05) is 0 Å². The van der Waals surface area contributed by atoms with Gasteiger partial charge in [-0.15, -0.1) is 40.4 Å². The van der Waals surface area contributed by atoms with Crippen molar-refractivity contribution < 1.29 is 26.2 Å². The van der Waals surface area contributed by atoms with Crippen LogP contribution in [-0.4, -0.2) is 0 Å². The van der Waals surface area contributed by atoms with Gasteiger partial charge in [-0.3, -0.25) is 6.08 Å². The third kappa shape index (κ3) is 7.32. The van der Waals surface area contributed by atoms with Crippen LogP contribution in [0.1, 0.15) is 6.42 Å². The van der Waals surface area contributed by atoms with Gasteiger partial charge in [0.05, 0.1) is 0 Å². The van der Waals surface area contributed by atoms with Gasteiger partial charge in [0.2, 0.25) is 0 Å². The maximum atomic E-state index is 2.99. The minimum absolute atomic E-state index is 0. The van der Waals surface area contributed by atoms with Crippen molar-refractivity contribution in [2.24, 2.45) is 0 Å². The molecular formula is C5H7Br2Zr-. The van der Waals surface area contributed by atoms with E-state index in [0.29, 0.717) is 0 Å². The van der Waals surface area contributed by atoms with E-state index in [1.54, 1.807) is 0 Å². The third-order valence-electron chi connectivity index (χ3n) is 0.586. The molecule has 0 fully saturated rings. The van der Waals surface area contributed by atoms with Gasteiger partial charge in [-0.05, 0) is 0 Å². The average molecular weight is 318 g/mol. The van der Waals surface area contributed by atoms with Crippen LogP contribution < -0.4 is 0 Å². The Morgan fingerprint density at radius 2 is 1.88 bits per heavy atom. The van der Waals surface area contributed by atoms with Crippen LogP contribution in [0.5, 0.6) is 0 Å². The zero-order valence-electron chi connectivity index (χ0n) is 4.26. The van der Waals surface area contributed by atoms with Crippen molar-refractivity contribution in [1.82, 2.24) is 0 Å². The van der Waals surface area contributed by atoms with Gasteiger partial charge in [0.1, 0.15) is 0 Å². The molecule has 0 aromatic carbocycles. The van der Waals surface area contributed by atoms with Crippen molar-refractivity contribution >= 4 is 34.0 Å². The van der Waals surface area contributed by atoms with Crippen LogP contribution in [0.15, 0.2) is 18.2 Å². The summed E-state index contributed by atoms with van der Waals surface area (Å²) in [5.41, 5.74) is 0. The first-order chi connectivity index (χ1) is 2.50. The average Bonchev–Trinajstić information content (AvgIpc) is 1.76. The van der Waals surface area contributed by atoms with Gasteiger partial charge >= 0.3 is 0 Å². The summed E-state index contributed by atoms with van der Waals surface area (Å²) < 4.78 is 0. The van der Waals surface area contributed by atoms with Crippen LogP contribution in [0.3, 0.4) is 0 Å². The number of halogens is 2. The Bertz CT molecular complexity index is 68.5. The zero-order valence-corrected chi connectivity index (χ0v) is 10.1. The largest absolute Gasteiger partial charge is 0.273 e. The molecule has 0 radical (unpaired) electrons. The van der Waals surface area contributed by atoms with Gasteiger partial charge < -0.3 is 0 Å². The number of rotatable bonds is 0. The number of allylic oxidation sites excluding steroid dienone is 4. The summed E-state index contributed by atoms with van der Waals surface area (Å²) in [6.45, 7) is 0. The number of hydrogen-bond donors (Lipinski definition) is 0. The second-order valence-electron chi connectivity index (χ2n) is 1.00. The Morgan fingerprint density at radius 3 is 2.00 bits per heavy atom. The first kappa shape index (κ1) is 16.2. The van der Waals surface area contributed by atoms with E-state index in [1.165, 1.54) is 0 Å². The van der Waals surface area contributed by atoms with Crippen molar-refractivity contribution in [1.29, 1.82) is 0 Å². The summed E-state index contributed by atoms with van der Waals surface area (Å²) in [6.07, 6.45) is 10.0. The Kier molecular flexibility index (Phi) is 22.5. The van der Waals surface area contributed by atoms with E-state index in [-0.39, 0.29) is 60.2 Å². The monoisotopic (exact) mass is 315 g/mol. The smallest absolute Gasteiger partial charge is 0 e.